The molecule has 0 atom stereocenters. The predicted octanol–water partition coefficient (Wildman–Crippen LogP) is 3.34. The topological polar surface area (TPSA) is 55.1 Å². The van der Waals surface area contributed by atoms with Gasteiger partial charge in [-0.1, -0.05) is 47.6 Å². The van der Waals surface area contributed by atoms with Crippen molar-refractivity contribution in [2.24, 2.45) is 0 Å². The van der Waals surface area contributed by atoms with Gasteiger partial charge in [0.25, 0.3) is 0 Å². The highest BCUT2D eigenvalue weighted by atomic mass is 19.1. The summed E-state index contributed by atoms with van der Waals surface area (Å²) in [5.41, 5.74) is 2.34. The molecule has 1 aromatic heterocycles. The Balaban J connectivity index is 1.55. The number of nitrogens with zero attached hydrogens (tertiary/aromatic N) is 1. The third kappa shape index (κ3) is 4.03. The number of aromatic nitrogens is 1. The van der Waals surface area contributed by atoms with Crippen molar-refractivity contribution < 1.29 is 13.7 Å². The molecule has 4 nitrogen and oxygen atoms in total. The highest BCUT2D eigenvalue weighted by Gasteiger charge is 2.08. The lowest BCUT2D eigenvalue weighted by molar-refractivity contribution is -0.120. The van der Waals surface area contributed by atoms with E-state index in [2.05, 4.69) is 10.5 Å². The van der Waals surface area contributed by atoms with Gasteiger partial charge in [0.15, 0.2) is 5.76 Å². The second-order valence-electron chi connectivity index (χ2n) is 5.13. The number of hydrogen-bond acceptors (Lipinski definition) is 3. The summed E-state index contributed by atoms with van der Waals surface area (Å²) < 4.78 is 18.1. The molecule has 0 aliphatic rings. The summed E-state index contributed by atoms with van der Waals surface area (Å²) in [5, 5.41) is 6.72. The Kier molecular flexibility index (Phi) is 4.47. The van der Waals surface area contributed by atoms with Crippen LogP contribution in [0.2, 0.25) is 0 Å². The fraction of sp³-hybridized carbons (Fsp3) is 0.111. The van der Waals surface area contributed by atoms with E-state index in [0.717, 1.165) is 11.1 Å². The zero-order valence-electron chi connectivity index (χ0n) is 12.3. The first-order valence-corrected chi connectivity index (χ1v) is 7.23. The fourth-order valence-electron chi connectivity index (χ4n) is 2.17. The second kappa shape index (κ2) is 6.87. The van der Waals surface area contributed by atoms with Crippen LogP contribution >= 0.6 is 0 Å². The average molecular weight is 310 g/mol. The van der Waals surface area contributed by atoms with Crippen molar-refractivity contribution in [2.75, 3.05) is 0 Å². The van der Waals surface area contributed by atoms with Crippen molar-refractivity contribution in [3.63, 3.8) is 0 Å². The molecule has 0 bridgehead atoms. The number of halogens is 1. The average Bonchev–Trinajstić information content (AvgIpc) is 3.05. The maximum Gasteiger partial charge on any atom is 0.224 e. The van der Waals surface area contributed by atoms with Crippen LogP contribution < -0.4 is 5.32 Å². The van der Waals surface area contributed by atoms with Gasteiger partial charge in [-0.25, -0.2) is 4.39 Å². The Labute approximate surface area is 132 Å². The molecule has 1 amide bonds. The minimum Gasteiger partial charge on any atom is -0.356 e. The van der Waals surface area contributed by atoms with Gasteiger partial charge in [0.05, 0.1) is 13.0 Å². The summed E-state index contributed by atoms with van der Waals surface area (Å²) in [6.45, 7) is 0.288. The Morgan fingerprint density at radius 2 is 1.83 bits per heavy atom. The normalized spacial score (nSPS) is 10.5. The van der Waals surface area contributed by atoms with Crippen LogP contribution in [0.4, 0.5) is 4.39 Å². The Morgan fingerprint density at radius 1 is 1.09 bits per heavy atom. The quantitative estimate of drug-likeness (QED) is 0.786. The highest BCUT2D eigenvalue weighted by molar-refractivity contribution is 5.78. The molecule has 1 N–H and O–H groups in total. The second-order valence-corrected chi connectivity index (χ2v) is 5.13. The van der Waals surface area contributed by atoms with Gasteiger partial charge in [0.1, 0.15) is 11.5 Å². The third-order valence-electron chi connectivity index (χ3n) is 3.36. The van der Waals surface area contributed by atoms with Crippen LogP contribution in [0.25, 0.3) is 11.3 Å². The Morgan fingerprint density at radius 3 is 2.57 bits per heavy atom. The maximum absolute atomic E-state index is 12.8. The van der Waals surface area contributed by atoms with Crippen LogP contribution in [0.5, 0.6) is 0 Å². The lowest BCUT2D eigenvalue weighted by Crippen LogP contribution is -2.24. The summed E-state index contributed by atoms with van der Waals surface area (Å²) in [6, 6.07) is 17.3. The zero-order chi connectivity index (χ0) is 16.1. The van der Waals surface area contributed by atoms with Crippen LogP contribution in [-0.4, -0.2) is 11.1 Å². The van der Waals surface area contributed by atoms with Crippen LogP contribution in [-0.2, 0) is 17.8 Å². The number of carbonyl (C=O) groups is 1. The molecule has 23 heavy (non-hydrogen) atoms. The smallest absolute Gasteiger partial charge is 0.224 e. The molecule has 0 aliphatic carbocycles. The fourth-order valence-corrected chi connectivity index (χ4v) is 2.17. The van der Waals surface area contributed by atoms with E-state index in [1.807, 2.05) is 30.3 Å². The molecular formula is C18H15FN2O2. The monoisotopic (exact) mass is 310 g/mol. The standard InChI is InChI=1S/C18H15FN2O2/c19-15-8-6-13(7-9-15)10-18(22)20-12-16-11-17(23-21-16)14-4-2-1-3-5-14/h1-9,11H,10,12H2,(H,20,22). The highest BCUT2D eigenvalue weighted by Crippen LogP contribution is 2.19. The SMILES string of the molecule is O=C(Cc1ccc(F)cc1)NCc1cc(-c2ccccc2)on1. The zero-order valence-corrected chi connectivity index (χ0v) is 12.3. The molecule has 0 aliphatic heterocycles. The van der Waals surface area contributed by atoms with E-state index in [4.69, 9.17) is 4.52 Å². The number of amides is 1. The van der Waals surface area contributed by atoms with E-state index in [1.54, 1.807) is 18.2 Å². The Hall–Kier alpha value is -2.95. The minimum atomic E-state index is -0.315. The molecule has 3 rings (SSSR count). The van der Waals surface area contributed by atoms with Gasteiger partial charge < -0.3 is 9.84 Å². The van der Waals surface area contributed by atoms with Gasteiger partial charge in [-0.2, -0.15) is 0 Å². The van der Waals surface area contributed by atoms with Gasteiger partial charge in [0, 0.05) is 11.6 Å². The first kappa shape index (κ1) is 15.0. The van der Waals surface area contributed by atoms with Crippen LogP contribution in [0.1, 0.15) is 11.3 Å². The van der Waals surface area contributed by atoms with Crippen molar-refractivity contribution in [1.82, 2.24) is 10.5 Å². The van der Waals surface area contributed by atoms with E-state index in [9.17, 15) is 9.18 Å². The maximum atomic E-state index is 12.8. The van der Waals surface area contributed by atoms with E-state index < -0.39 is 0 Å². The lowest BCUT2D eigenvalue weighted by atomic mass is 10.1. The van der Waals surface area contributed by atoms with Crippen molar-refractivity contribution in [1.29, 1.82) is 0 Å². The minimum absolute atomic E-state index is 0.152. The molecule has 1 heterocycles. The summed E-state index contributed by atoms with van der Waals surface area (Å²) in [7, 11) is 0. The molecule has 3 aromatic rings. The van der Waals surface area contributed by atoms with E-state index >= 15 is 0 Å². The third-order valence-corrected chi connectivity index (χ3v) is 3.36. The largest absolute Gasteiger partial charge is 0.356 e. The van der Waals surface area contributed by atoms with E-state index in [0.29, 0.717) is 11.5 Å². The number of rotatable bonds is 5. The van der Waals surface area contributed by atoms with Gasteiger partial charge in [-0.05, 0) is 17.7 Å². The van der Waals surface area contributed by atoms with Crippen LogP contribution in [0.15, 0.2) is 65.2 Å². The molecule has 0 spiro atoms. The summed E-state index contributed by atoms with van der Waals surface area (Å²) in [5.74, 6) is 0.194. The molecule has 0 saturated heterocycles. The van der Waals surface area contributed by atoms with Crippen molar-refractivity contribution in [3.05, 3.63) is 77.7 Å². The van der Waals surface area contributed by atoms with Crippen LogP contribution in [0.3, 0.4) is 0 Å². The van der Waals surface area contributed by atoms with Gasteiger partial charge in [0.2, 0.25) is 5.91 Å². The summed E-state index contributed by atoms with van der Waals surface area (Å²) in [6.07, 6.45) is 0.198. The van der Waals surface area contributed by atoms with E-state index in [1.165, 1.54) is 12.1 Å². The predicted molar refractivity (Wildman–Crippen MR) is 83.9 cm³/mol. The van der Waals surface area contributed by atoms with Crippen molar-refractivity contribution in [3.8, 4) is 11.3 Å². The molecule has 116 valence electrons. The first-order chi connectivity index (χ1) is 11.2. The molecular weight excluding hydrogens is 295 g/mol. The number of benzene rings is 2. The van der Waals surface area contributed by atoms with Crippen LogP contribution in [0, 0.1) is 5.82 Å². The molecule has 0 unspecified atom stereocenters. The van der Waals surface area contributed by atoms with E-state index in [-0.39, 0.29) is 24.7 Å². The molecule has 0 radical (unpaired) electrons. The number of hydrogen-bond donors (Lipinski definition) is 1. The molecule has 0 fully saturated rings. The van der Waals surface area contributed by atoms with Gasteiger partial charge in [-0.15, -0.1) is 0 Å². The summed E-state index contributed by atoms with van der Waals surface area (Å²) >= 11 is 0. The first-order valence-electron chi connectivity index (χ1n) is 7.23. The van der Waals surface area contributed by atoms with Gasteiger partial charge in [-0.3, -0.25) is 4.79 Å². The number of carbonyl (C=O) groups excluding carboxylic acids is 1. The molecule has 2 aromatic carbocycles. The Bertz CT molecular complexity index is 782. The van der Waals surface area contributed by atoms with Gasteiger partial charge >= 0.3 is 0 Å². The van der Waals surface area contributed by atoms with Crippen molar-refractivity contribution >= 4 is 5.91 Å². The number of nitrogens with one attached hydrogen (secondary N) is 1. The summed E-state index contributed by atoms with van der Waals surface area (Å²) in [4.78, 5) is 11.9. The molecule has 5 heteroatoms. The lowest BCUT2D eigenvalue weighted by Gasteiger charge is -2.03. The molecule has 0 saturated carbocycles. The van der Waals surface area contributed by atoms with Crippen molar-refractivity contribution in [2.45, 2.75) is 13.0 Å².